The maximum absolute atomic E-state index is 12.3. The molecule has 0 N–H and O–H groups in total. The van der Waals surface area contributed by atoms with Gasteiger partial charge in [-0.3, -0.25) is 14.9 Å². The van der Waals surface area contributed by atoms with Gasteiger partial charge >= 0.3 is 0 Å². The lowest BCUT2D eigenvalue weighted by Crippen LogP contribution is -2.14. The SMILES string of the molecule is CC(C)c1ccc(CC(=O)N=c2sc3cc([N+](=O)[O-])ccc3n2C)cc1. The van der Waals surface area contributed by atoms with Gasteiger partial charge in [-0.05, 0) is 23.1 Å². The summed E-state index contributed by atoms with van der Waals surface area (Å²) in [5.41, 5.74) is 2.99. The van der Waals surface area contributed by atoms with E-state index in [1.807, 2.05) is 24.3 Å². The largest absolute Gasteiger partial charge is 0.319 e. The average Bonchev–Trinajstić information content (AvgIpc) is 2.90. The van der Waals surface area contributed by atoms with Crippen molar-refractivity contribution < 1.29 is 9.72 Å². The molecule has 3 rings (SSSR count). The number of nitrogens with zero attached hydrogens (tertiary/aromatic N) is 3. The molecule has 0 bridgehead atoms. The summed E-state index contributed by atoms with van der Waals surface area (Å²) in [5, 5.41) is 10.9. The molecule has 2 aromatic carbocycles. The molecule has 1 amide bonds. The first-order valence-electron chi connectivity index (χ1n) is 8.25. The number of nitro benzene ring substituents is 1. The van der Waals surface area contributed by atoms with Crippen LogP contribution in [0.5, 0.6) is 0 Å². The third-order valence-electron chi connectivity index (χ3n) is 4.23. The van der Waals surface area contributed by atoms with Crippen LogP contribution in [-0.4, -0.2) is 15.4 Å². The Bertz CT molecular complexity index is 1050. The van der Waals surface area contributed by atoms with E-state index < -0.39 is 4.92 Å². The van der Waals surface area contributed by atoms with E-state index in [4.69, 9.17) is 0 Å². The number of nitro groups is 1. The fraction of sp³-hybridized carbons (Fsp3) is 0.263. The minimum absolute atomic E-state index is 0.0301. The number of rotatable bonds is 4. The Morgan fingerprint density at radius 3 is 2.54 bits per heavy atom. The number of carbonyl (C=O) groups is 1. The van der Waals surface area contributed by atoms with Crippen LogP contribution in [0.1, 0.15) is 30.9 Å². The van der Waals surface area contributed by atoms with Crippen molar-refractivity contribution in [1.82, 2.24) is 4.57 Å². The quantitative estimate of drug-likeness (QED) is 0.516. The van der Waals surface area contributed by atoms with Crippen LogP contribution < -0.4 is 4.80 Å². The minimum atomic E-state index is -0.429. The highest BCUT2D eigenvalue weighted by atomic mass is 32.1. The lowest BCUT2D eigenvalue weighted by atomic mass is 10.0. The lowest BCUT2D eigenvalue weighted by Gasteiger charge is -2.05. The molecule has 0 unspecified atom stereocenters. The van der Waals surface area contributed by atoms with Crippen molar-refractivity contribution in [2.24, 2.45) is 12.0 Å². The number of amides is 1. The number of fused-ring (bicyclic) bond motifs is 1. The Morgan fingerprint density at radius 2 is 1.92 bits per heavy atom. The predicted molar refractivity (Wildman–Crippen MR) is 102 cm³/mol. The van der Waals surface area contributed by atoms with Gasteiger partial charge in [-0.2, -0.15) is 4.99 Å². The van der Waals surface area contributed by atoms with Crippen LogP contribution in [0.15, 0.2) is 47.5 Å². The first kappa shape index (κ1) is 18.0. The van der Waals surface area contributed by atoms with Crippen molar-refractivity contribution in [3.05, 3.63) is 68.5 Å². The van der Waals surface area contributed by atoms with Crippen molar-refractivity contribution in [1.29, 1.82) is 0 Å². The molecule has 0 aliphatic heterocycles. The Labute approximate surface area is 154 Å². The van der Waals surface area contributed by atoms with Crippen molar-refractivity contribution in [3.8, 4) is 0 Å². The van der Waals surface area contributed by atoms with E-state index in [1.165, 1.54) is 29.0 Å². The van der Waals surface area contributed by atoms with E-state index in [1.54, 1.807) is 17.7 Å². The molecule has 26 heavy (non-hydrogen) atoms. The second-order valence-electron chi connectivity index (χ2n) is 6.43. The number of hydrogen-bond acceptors (Lipinski definition) is 4. The van der Waals surface area contributed by atoms with Gasteiger partial charge in [-0.1, -0.05) is 49.4 Å². The molecule has 0 saturated heterocycles. The molecule has 0 radical (unpaired) electrons. The van der Waals surface area contributed by atoms with Crippen LogP contribution in [-0.2, 0) is 18.3 Å². The first-order chi connectivity index (χ1) is 12.3. The molecule has 0 saturated carbocycles. The number of hydrogen-bond donors (Lipinski definition) is 0. The molecule has 0 fully saturated rings. The zero-order chi connectivity index (χ0) is 18.8. The van der Waals surface area contributed by atoms with Crippen LogP contribution in [0.3, 0.4) is 0 Å². The zero-order valence-electron chi connectivity index (χ0n) is 14.8. The minimum Gasteiger partial charge on any atom is -0.319 e. The van der Waals surface area contributed by atoms with Crippen molar-refractivity contribution in [2.45, 2.75) is 26.2 Å². The average molecular weight is 369 g/mol. The number of aryl methyl sites for hydroxylation is 1. The summed E-state index contributed by atoms with van der Waals surface area (Å²) in [6.07, 6.45) is 0.229. The fourth-order valence-electron chi connectivity index (χ4n) is 2.68. The van der Waals surface area contributed by atoms with Gasteiger partial charge in [0.25, 0.3) is 11.6 Å². The molecule has 7 heteroatoms. The standard InChI is InChI=1S/C19H19N3O3S/c1-12(2)14-6-4-13(5-7-14)10-18(23)20-19-21(3)16-9-8-15(22(24)25)11-17(16)26-19/h4-9,11-12H,10H2,1-3H3. The fourth-order valence-corrected chi connectivity index (χ4v) is 3.75. The smallest absolute Gasteiger partial charge is 0.270 e. The highest BCUT2D eigenvalue weighted by Gasteiger charge is 2.11. The Hall–Kier alpha value is -2.80. The number of benzene rings is 2. The third-order valence-corrected chi connectivity index (χ3v) is 5.32. The van der Waals surface area contributed by atoms with Crippen molar-refractivity contribution in [2.75, 3.05) is 0 Å². The monoisotopic (exact) mass is 369 g/mol. The molecule has 1 aromatic heterocycles. The van der Waals surface area contributed by atoms with Crippen LogP contribution in [0.4, 0.5) is 5.69 Å². The molecule has 0 spiro atoms. The molecular weight excluding hydrogens is 350 g/mol. The molecule has 1 heterocycles. The summed E-state index contributed by atoms with van der Waals surface area (Å²) in [7, 11) is 1.80. The van der Waals surface area contributed by atoms with E-state index in [2.05, 4.69) is 18.8 Å². The summed E-state index contributed by atoms with van der Waals surface area (Å²) in [5.74, 6) is 0.213. The van der Waals surface area contributed by atoms with Gasteiger partial charge in [0.15, 0.2) is 4.80 Å². The maximum Gasteiger partial charge on any atom is 0.270 e. The van der Waals surface area contributed by atoms with Gasteiger partial charge in [-0.15, -0.1) is 0 Å². The molecule has 0 aliphatic carbocycles. The van der Waals surface area contributed by atoms with E-state index in [9.17, 15) is 14.9 Å². The molecular formula is C19H19N3O3S. The Balaban J connectivity index is 1.87. The van der Waals surface area contributed by atoms with Crippen LogP contribution in [0.2, 0.25) is 0 Å². The number of thiazole rings is 1. The van der Waals surface area contributed by atoms with Crippen molar-refractivity contribution in [3.63, 3.8) is 0 Å². The van der Waals surface area contributed by atoms with E-state index in [0.717, 1.165) is 15.8 Å². The van der Waals surface area contributed by atoms with E-state index in [-0.39, 0.29) is 18.0 Å². The number of carbonyl (C=O) groups excluding carboxylic acids is 1. The summed E-state index contributed by atoms with van der Waals surface area (Å²) in [6.45, 7) is 4.25. The first-order valence-corrected chi connectivity index (χ1v) is 9.07. The molecule has 0 aliphatic rings. The second-order valence-corrected chi connectivity index (χ2v) is 7.44. The highest BCUT2D eigenvalue weighted by Crippen LogP contribution is 2.22. The van der Waals surface area contributed by atoms with Gasteiger partial charge in [0, 0.05) is 19.2 Å². The summed E-state index contributed by atoms with van der Waals surface area (Å²) >= 11 is 1.27. The molecule has 3 aromatic rings. The molecule has 0 atom stereocenters. The van der Waals surface area contributed by atoms with Gasteiger partial charge in [0.05, 0.1) is 21.6 Å². The van der Waals surface area contributed by atoms with Gasteiger partial charge in [0.1, 0.15) is 0 Å². The zero-order valence-corrected chi connectivity index (χ0v) is 15.6. The van der Waals surface area contributed by atoms with Gasteiger partial charge in [0.2, 0.25) is 0 Å². The predicted octanol–water partition coefficient (Wildman–Crippen LogP) is 3.94. The molecule has 134 valence electrons. The Morgan fingerprint density at radius 1 is 1.23 bits per heavy atom. The van der Waals surface area contributed by atoms with Gasteiger partial charge in [-0.25, -0.2) is 0 Å². The second kappa shape index (κ2) is 7.21. The maximum atomic E-state index is 12.3. The topological polar surface area (TPSA) is 77.5 Å². The highest BCUT2D eigenvalue weighted by molar-refractivity contribution is 7.16. The van der Waals surface area contributed by atoms with Crippen LogP contribution in [0.25, 0.3) is 10.2 Å². The van der Waals surface area contributed by atoms with Gasteiger partial charge < -0.3 is 4.57 Å². The molecule has 6 nitrogen and oxygen atoms in total. The van der Waals surface area contributed by atoms with Crippen LogP contribution in [0, 0.1) is 10.1 Å². The van der Waals surface area contributed by atoms with E-state index in [0.29, 0.717) is 10.7 Å². The lowest BCUT2D eigenvalue weighted by molar-refractivity contribution is -0.384. The number of aromatic nitrogens is 1. The summed E-state index contributed by atoms with van der Waals surface area (Å²) in [6, 6.07) is 12.6. The van der Waals surface area contributed by atoms with Crippen molar-refractivity contribution >= 4 is 33.1 Å². The summed E-state index contributed by atoms with van der Waals surface area (Å²) in [4.78, 5) is 27.5. The van der Waals surface area contributed by atoms with Crippen LogP contribution >= 0.6 is 11.3 Å². The Kier molecular flexibility index (Phi) is 4.99. The summed E-state index contributed by atoms with van der Waals surface area (Å²) < 4.78 is 2.51. The third kappa shape index (κ3) is 3.72. The number of non-ortho nitro benzene ring substituents is 1. The van der Waals surface area contributed by atoms with E-state index >= 15 is 0 Å². The normalized spacial score (nSPS) is 12.1.